The predicted molar refractivity (Wildman–Crippen MR) is 93.7 cm³/mol. The third-order valence-electron chi connectivity index (χ3n) is 2.91. The number of ether oxygens (including phenoxy) is 1. The molecule has 24 heavy (non-hydrogen) atoms. The molecule has 1 aromatic carbocycles. The molecule has 1 heterocycles. The highest BCUT2D eigenvalue weighted by atomic mass is 79.9. The third-order valence-corrected chi connectivity index (χ3v) is 3.40. The highest BCUT2D eigenvalue weighted by Gasteiger charge is 2.16. The summed E-state index contributed by atoms with van der Waals surface area (Å²) < 4.78 is 5.46. The number of hydrogen-bond acceptors (Lipinski definition) is 6. The smallest absolute Gasteiger partial charge is 0.375 e. The maximum Gasteiger partial charge on any atom is 0.375 e. The Morgan fingerprint density at radius 2 is 2.12 bits per heavy atom. The number of esters is 1. The Hall–Kier alpha value is -2.74. The molecule has 0 aliphatic rings. The van der Waals surface area contributed by atoms with E-state index in [0.717, 1.165) is 4.47 Å². The second-order valence-corrected chi connectivity index (χ2v) is 5.48. The number of hydrazone groups is 1. The number of ketones is 1. The van der Waals surface area contributed by atoms with Gasteiger partial charge in [-0.3, -0.25) is 15.2 Å². The number of anilines is 1. The van der Waals surface area contributed by atoms with Crippen molar-refractivity contribution in [2.45, 2.75) is 6.92 Å². The lowest BCUT2D eigenvalue weighted by Crippen LogP contribution is -2.27. The Balaban J connectivity index is 2.30. The van der Waals surface area contributed by atoms with Crippen molar-refractivity contribution in [1.82, 2.24) is 4.98 Å². The van der Waals surface area contributed by atoms with Crippen LogP contribution < -0.4 is 11.2 Å². The zero-order chi connectivity index (χ0) is 17.5. The topological polar surface area (TPSA) is 107 Å². The maximum absolute atomic E-state index is 12.6. The van der Waals surface area contributed by atoms with Crippen LogP contribution >= 0.6 is 15.9 Å². The normalized spacial score (nSPS) is 11.0. The molecule has 0 radical (unpaired) electrons. The molecule has 2 aromatic rings. The molecule has 1 aromatic heterocycles. The van der Waals surface area contributed by atoms with Crippen molar-refractivity contribution < 1.29 is 14.3 Å². The van der Waals surface area contributed by atoms with Crippen molar-refractivity contribution in [3.05, 3.63) is 58.3 Å². The first-order chi connectivity index (χ1) is 11.5. The molecule has 3 N–H and O–H groups in total. The van der Waals surface area contributed by atoms with Crippen LogP contribution in [0, 0.1) is 0 Å². The van der Waals surface area contributed by atoms with Crippen LogP contribution in [0.25, 0.3) is 0 Å². The van der Waals surface area contributed by atoms with Gasteiger partial charge in [0.25, 0.3) is 0 Å². The summed E-state index contributed by atoms with van der Waals surface area (Å²) in [6.07, 6.45) is 1.54. The molecule has 0 aliphatic heterocycles. The summed E-state index contributed by atoms with van der Waals surface area (Å²) >= 11 is 3.33. The highest BCUT2D eigenvalue weighted by Crippen LogP contribution is 2.23. The second-order valence-electron chi connectivity index (χ2n) is 4.56. The van der Waals surface area contributed by atoms with E-state index in [4.69, 9.17) is 10.5 Å². The number of benzene rings is 1. The molecular weight excluding hydrogens is 376 g/mol. The Labute approximate surface area is 147 Å². The van der Waals surface area contributed by atoms with Crippen LogP contribution in [0.4, 0.5) is 5.69 Å². The van der Waals surface area contributed by atoms with E-state index in [9.17, 15) is 9.59 Å². The summed E-state index contributed by atoms with van der Waals surface area (Å²) in [4.78, 5) is 28.1. The molecule has 0 amide bonds. The summed E-state index contributed by atoms with van der Waals surface area (Å²) in [5, 5.41) is 3.76. The summed E-state index contributed by atoms with van der Waals surface area (Å²) in [6, 6.07) is 10.1. The lowest BCUT2D eigenvalue weighted by molar-refractivity contribution is -0.135. The first-order valence-electron chi connectivity index (χ1n) is 7.04. The Kier molecular flexibility index (Phi) is 6.02. The largest absolute Gasteiger partial charge is 0.460 e. The number of hydrogen-bond donors (Lipinski definition) is 2. The minimum absolute atomic E-state index is 0.191. The van der Waals surface area contributed by atoms with Gasteiger partial charge in [0.1, 0.15) is 5.69 Å². The highest BCUT2D eigenvalue weighted by molar-refractivity contribution is 9.10. The number of pyridine rings is 1. The van der Waals surface area contributed by atoms with Crippen LogP contribution in [0.1, 0.15) is 23.0 Å². The van der Waals surface area contributed by atoms with Gasteiger partial charge in [0.15, 0.2) is 0 Å². The number of carbonyl (C=O) groups is 2. The average molecular weight is 391 g/mol. The van der Waals surface area contributed by atoms with Gasteiger partial charge in [0.2, 0.25) is 11.6 Å². The van der Waals surface area contributed by atoms with E-state index in [1.54, 1.807) is 43.3 Å². The van der Waals surface area contributed by atoms with Crippen LogP contribution in [0.15, 0.2) is 52.2 Å². The number of nitrogens with two attached hydrogens (primary N) is 1. The molecule has 2 rings (SSSR count). The molecule has 0 unspecified atom stereocenters. The molecule has 0 spiro atoms. The fraction of sp³-hybridized carbons (Fsp3) is 0.125. The van der Waals surface area contributed by atoms with Crippen molar-refractivity contribution in [2.24, 2.45) is 10.8 Å². The van der Waals surface area contributed by atoms with Gasteiger partial charge in [0, 0.05) is 10.7 Å². The van der Waals surface area contributed by atoms with E-state index in [0.29, 0.717) is 16.9 Å². The predicted octanol–water partition coefficient (Wildman–Crippen LogP) is 2.32. The quantitative estimate of drug-likeness (QED) is 0.266. The van der Waals surface area contributed by atoms with Crippen LogP contribution in [-0.2, 0) is 9.53 Å². The van der Waals surface area contributed by atoms with Crippen molar-refractivity contribution in [1.29, 1.82) is 0 Å². The van der Waals surface area contributed by atoms with Gasteiger partial charge < -0.3 is 10.5 Å². The molecule has 0 atom stereocenters. The molecule has 0 fully saturated rings. The lowest BCUT2D eigenvalue weighted by atomic mass is 10.1. The fourth-order valence-electron chi connectivity index (χ4n) is 1.81. The number of halogens is 1. The lowest BCUT2D eigenvalue weighted by Gasteiger charge is -2.09. The molecule has 0 bridgehead atoms. The summed E-state index contributed by atoms with van der Waals surface area (Å²) in [7, 11) is 0. The molecule has 0 saturated heterocycles. The first kappa shape index (κ1) is 17.6. The molecule has 8 heteroatoms. The monoisotopic (exact) mass is 390 g/mol. The number of nitrogens with zero attached hydrogens (tertiary/aromatic N) is 2. The van der Waals surface area contributed by atoms with E-state index in [2.05, 4.69) is 31.4 Å². The van der Waals surface area contributed by atoms with Gasteiger partial charge in [-0.1, -0.05) is 22.0 Å². The van der Waals surface area contributed by atoms with Crippen molar-refractivity contribution in [3.63, 3.8) is 0 Å². The fourth-order valence-corrected chi connectivity index (χ4v) is 2.17. The number of amidine groups is 1. The molecule has 124 valence electrons. The number of aromatic nitrogens is 1. The summed E-state index contributed by atoms with van der Waals surface area (Å²) in [6.45, 7) is 1.85. The Morgan fingerprint density at radius 1 is 1.33 bits per heavy atom. The molecule has 0 saturated carbocycles. The second kappa shape index (κ2) is 8.21. The van der Waals surface area contributed by atoms with Crippen LogP contribution in [0.2, 0.25) is 0 Å². The third kappa shape index (κ3) is 4.39. The van der Waals surface area contributed by atoms with E-state index >= 15 is 0 Å². The minimum Gasteiger partial charge on any atom is -0.460 e. The number of nitrogens with one attached hydrogen (secondary N) is 1. The van der Waals surface area contributed by atoms with E-state index in [1.165, 1.54) is 6.20 Å². The summed E-state index contributed by atoms with van der Waals surface area (Å²) in [5.41, 5.74) is 9.17. The average Bonchev–Trinajstić information content (AvgIpc) is 2.60. The Bertz CT molecular complexity index is 778. The van der Waals surface area contributed by atoms with Gasteiger partial charge >= 0.3 is 5.97 Å². The standard InChI is InChI=1S/C16H15BrN4O3/c1-2-24-16(23)15(18)21-20-12-7-6-10(17)9-11(12)14(22)13-5-3-4-8-19-13/h3-9,20H,2H2,1H3,(H2,18,21). The summed E-state index contributed by atoms with van der Waals surface area (Å²) in [5.74, 6) is -1.36. The Morgan fingerprint density at radius 3 is 2.79 bits per heavy atom. The number of rotatable bonds is 5. The van der Waals surface area contributed by atoms with Gasteiger partial charge in [0.05, 0.1) is 17.9 Å². The molecule has 0 aliphatic carbocycles. The molecule has 7 nitrogen and oxygen atoms in total. The van der Waals surface area contributed by atoms with E-state index < -0.39 is 5.97 Å². The van der Waals surface area contributed by atoms with E-state index in [1.807, 2.05) is 0 Å². The van der Waals surface area contributed by atoms with E-state index in [-0.39, 0.29) is 18.2 Å². The van der Waals surface area contributed by atoms with Crippen LogP contribution in [0.5, 0.6) is 0 Å². The van der Waals surface area contributed by atoms with Gasteiger partial charge in [-0.05, 0) is 37.3 Å². The zero-order valence-electron chi connectivity index (χ0n) is 12.8. The zero-order valence-corrected chi connectivity index (χ0v) is 14.4. The SMILES string of the molecule is CCOC(=O)/C(N)=N\Nc1ccc(Br)cc1C(=O)c1ccccn1. The minimum atomic E-state index is -0.736. The van der Waals surface area contributed by atoms with Gasteiger partial charge in [-0.15, -0.1) is 5.10 Å². The van der Waals surface area contributed by atoms with Gasteiger partial charge in [-0.25, -0.2) is 4.79 Å². The first-order valence-corrected chi connectivity index (χ1v) is 7.83. The number of carbonyl (C=O) groups excluding carboxylic acids is 2. The van der Waals surface area contributed by atoms with Crippen molar-refractivity contribution >= 4 is 39.2 Å². The van der Waals surface area contributed by atoms with Crippen molar-refractivity contribution in [3.8, 4) is 0 Å². The maximum atomic E-state index is 12.6. The molecular formula is C16H15BrN4O3. The van der Waals surface area contributed by atoms with Crippen LogP contribution in [-0.4, -0.2) is 29.2 Å². The van der Waals surface area contributed by atoms with Gasteiger partial charge in [-0.2, -0.15) is 0 Å². The van der Waals surface area contributed by atoms with Crippen molar-refractivity contribution in [2.75, 3.05) is 12.0 Å². The van der Waals surface area contributed by atoms with Crippen LogP contribution in [0.3, 0.4) is 0 Å².